The summed E-state index contributed by atoms with van der Waals surface area (Å²) in [4.78, 5) is 25.9. The first-order valence-corrected chi connectivity index (χ1v) is 11.8. The molecule has 0 saturated carbocycles. The topological polar surface area (TPSA) is 86.7 Å². The number of rotatable bonds is 4. The fourth-order valence-corrected chi connectivity index (χ4v) is 5.73. The third-order valence-corrected chi connectivity index (χ3v) is 7.72. The molecule has 30 heavy (non-hydrogen) atoms. The highest BCUT2D eigenvalue weighted by Crippen LogP contribution is 2.27. The fraction of sp³-hybridized carbons (Fsp3) is 0.476. The maximum atomic E-state index is 13.3. The van der Waals surface area contributed by atoms with E-state index in [9.17, 15) is 13.2 Å². The van der Waals surface area contributed by atoms with Crippen LogP contribution >= 0.6 is 0 Å². The number of anilines is 1. The van der Waals surface area contributed by atoms with E-state index >= 15 is 0 Å². The standard InChI is InChI=1S/C21H27N5O3S/c1-17-6-8-18(9-7-17)30(28,29)26-12-3-2-5-19(26)20(27)24-13-15-25(16-14-24)21-22-10-4-11-23-21/h4,6-11,19H,2-3,5,12-16H2,1H3/t19-/m0/s1. The lowest BCUT2D eigenvalue weighted by Crippen LogP contribution is -2.57. The normalized spacial score (nSPS) is 20.9. The van der Waals surface area contributed by atoms with Crippen molar-refractivity contribution in [3.8, 4) is 0 Å². The fourth-order valence-electron chi connectivity index (χ4n) is 4.08. The van der Waals surface area contributed by atoms with E-state index in [2.05, 4.69) is 9.97 Å². The molecule has 160 valence electrons. The number of nitrogens with zero attached hydrogens (tertiary/aromatic N) is 5. The minimum absolute atomic E-state index is 0.0981. The zero-order valence-corrected chi connectivity index (χ0v) is 18.0. The highest BCUT2D eigenvalue weighted by Gasteiger charge is 2.40. The Balaban J connectivity index is 1.48. The van der Waals surface area contributed by atoms with E-state index < -0.39 is 16.1 Å². The molecule has 0 aliphatic carbocycles. The molecule has 3 heterocycles. The Bertz CT molecular complexity index is 973. The van der Waals surface area contributed by atoms with Crippen molar-refractivity contribution in [1.82, 2.24) is 19.2 Å². The van der Waals surface area contributed by atoms with Crippen LogP contribution < -0.4 is 4.90 Å². The van der Waals surface area contributed by atoms with E-state index in [1.165, 1.54) is 4.31 Å². The van der Waals surface area contributed by atoms with Gasteiger partial charge in [0.1, 0.15) is 6.04 Å². The van der Waals surface area contributed by atoms with Gasteiger partial charge in [-0.1, -0.05) is 24.1 Å². The second-order valence-electron chi connectivity index (χ2n) is 7.80. The van der Waals surface area contributed by atoms with Gasteiger partial charge in [0.25, 0.3) is 0 Å². The van der Waals surface area contributed by atoms with Crippen molar-refractivity contribution < 1.29 is 13.2 Å². The summed E-state index contributed by atoms with van der Waals surface area (Å²) in [6, 6.07) is 7.97. The predicted molar refractivity (Wildman–Crippen MR) is 114 cm³/mol. The molecule has 8 nitrogen and oxygen atoms in total. The van der Waals surface area contributed by atoms with Crippen molar-refractivity contribution in [3.05, 3.63) is 48.3 Å². The monoisotopic (exact) mass is 429 g/mol. The van der Waals surface area contributed by atoms with Crippen LogP contribution in [0.4, 0.5) is 5.95 Å². The molecular formula is C21H27N5O3S. The number of piperidine rings is 1. The van der Waals surface area contributed by atoms with Crippen molar-refractivity contribution in [3.63, 3.8) is 0 Å². The SMILES string of the molecule is Cc1ccc(S(=O)(=O)N2CCCC[C@H]2C(=O)N2CCN(c3ncccn3)CC2)cc1. The molecule has 2 aromatic rings. The van der Waals surface area contributed by atoms with Crippen LogP contribution in [0.2, 0.25) is 0 Å². The number of carbonyl (C=O) groups excluding carboxylic acids is 1. The van der Waals surface area contributed by atoms with Gasteiger partial charge >= 0.3 is 0 Å². The van der Waals surface area contributed by atoms with Gasteiger partial charge in [0, 0.05) is 45.1 Å². The van der Waals surface area contributed by atoms with Crippen LogP contribution in [0.3, 0.4) is 0 Å². The van der Waals surface area contributed by atoms with Gasteiger partial charge in [-0.3, -0.25) is 4.79 Å². The third-order valence-electron chi connectivity index (χ3n) is 5.79. The molecule has 1 aromatic heterocycles. The van der Waals surface area contributed by atoms with Crippen molar-refractivity contribution in [2.45, 2.75) is 37.1 Å². The van der Waals surface area contributed by atoms with Gasteiger partial charge in [-0.2, -0.15) is 4.31 Å². The summed E-state index contributed by atoms with van der Waals surface area (Å²) >= 11 is 0. The average Bonchev–Trinajstić information content (AvgIpc) is 2.79. The van der Waals surface area contributed by atoms with Crippen molar-refractivity contribution in [2.24, 2.45) is 0 Å². The molecule has 4 rings (SSSR count). The highest BCUT2D eigenvalue weighted by atomic mass is 32.2. The Morgan fingerprint density at radius 1 is 0.967 bits per heavy atom. The molecule has 2 aliphatic heterocycles. The summed E-state index contributed by atoms with van der Waals surface area (Å²) in [6.45, 7) is 4.63. The molecule has 9 heteroatoms. The number of hydrogen-bond acceptors (Lipinski definition) is 6. The second-order valence-corrected chi connectivity index (χ2v) is 9.69. The number of sulfonamides is 1. The molecule has 1 aromatic carbocycles. The molecule has 1 amide bonds. The number of aryl methyl sites for hydroxylation is 1. The van der Waals surface area contributed by atoms with Crippen molar-refractivity contribution >= 4 is 21.9 Å². The van der Waals surface area contributed by atoms with E-state index in [-0.39, 0.29) is 10.8 Å². The van der Waals surface area contributed by atoms with Gasteiger partial charge < -0.3 is 9.80 Å². The van der Waals surface area contributed by atoms with Crippen molar-refractivity contribution in [1.29, 1.82) is 0 Å². The van der Waals surface area contributed by atoms with Crippen LogP contribution in [-0.4, -0.2) is 72.3 Å². The summed E-state index contributed by atoms with van der Waals surface area (Å²) in [5.74, 6) is 0.560. The number of hydrogen-bond donors (Lipinski definition) is 0. The lowest BCUT2D eigenvalue weighted by molar-refractivity contribution is -0.136. The second kappa shape index (κ2) is 8.69. The van der Waals surface area contributed by atoms with Gasteiger partial charge in [-0.05, 0) is 38.0 Å². The quantitative estimate of drug-likeness (QED) is 0.735. The summed E-state index contributed by atoms with van der Waals surface area (Å²) in [5.41, 5.74) is 1.00. The summed E-state index contributed by atoms with van der Waals surface area (Å²) in [7, 11) is -3.71. The summed E-state index contributed by atoms with van der Waals surface area (Å²) < 4.78 is 27.9. The molecule has 0 unspecified atom stereocenters. The molecule has 1 atom stereocenters. The molecule has 0 spiro atoms. The van der Waals surface area contributed by atoms with Gasteiger partial charge in [0.2, 0.25) is 21.9 Å². The minimum atomic E-state index is -3.71. The van der Waals surface area contributed by atoms with E-state index in [1.807, 2.05) is 11.8 Å². The van der Waals surface area contributed by atoms with Crippen molar-refractivity contribution in [2.75, 3.05) is 37.6 Å². The summed E-state index contributed by atoms with van der Waals surface area (Å²) in [5, 5.41) is 0. The largest absolute Gasteiger partial charge is 0.338 e. The number of aromatic nitrogens is 2. The number of amides is 1. The average molecular weight is 430 g/mol. The molecule has 2 fully saturated rings. The first-order valence-electron chi connectivity index (χ1n) is 10.4. The van der Waals surface area contributed by atoms with Crippen LogP contribution in [-0.2, 0) is 14.8 Å². The highest BCUT2D eigenvalue weighted by molar-refractivity contribution is 7.89. The van der Waals surface area contributed by atoms with Crippen LogP contribution in [0.25, 0.3) is 0 Å². The first-order chi connectivity index (χ1) is 14.5. The maximum absolute atomic E-state index is 13.3. The van der Waals surface area contributed by atoms with Gasteiger partial charge in [0.05, 0.1) is 4.90 Å². The lowest BCUT2D eigenvalue weighted by Gasteiger charge is -2.40. The Labute approximate surface area is 177 Å². The number of carbonyl (C=O) groups is 1. The Morgan fingerprint density at radius 2 is 1.63 bits per heavy atom. The smallest absolute Gasteiger partial charge is 0.243 e. The first kappa shape index (κ1) is 20.7. The van der Waals surface area contributed by atoms with E-state index in [0.29, 0.717) is 45.1 Å². The van der Waals surface area contributed by atoms with E-state index in [0.717, 1.165) is 18.4 Å². The molecular weight excluding hydrogens is 402 g/mol. The number of piperazine rings is 1. The summed E-state index contributed by atoms with van der Waals surface area (Å²) in [6.07, 6.45) is 5.60. The zero-order chi connectivity index (χ0) is 21.1. The van der Waals surface area contributed by atoms with Gasteiger partial charge in [0.15, 0.2) is 0 Å². The molecule has 0 bridgehead atoms. The molecule has 2 saturated heterocycles. The van der Waals surface area contributed by atoms with Crippen LogP contribution in [0.15, 0.2) is 47.6 Å². The molecule has 0 radical (unpaired) electrons. The van der Waals surface area contributed by atoms with Crippen LogP contribution in [0.1, 0.15) is 24.8 Å². The predicted octanol–water partition coefficient (Wildman–Crippen LogP) is 1.68. The minimum Gasteiger partial charge on any atom is -0.338 e. The van der Waals surface area contributed by atoms with E-state index in [1.54, 1.807) is 47.6 Å². The Morgan fingerprint density at radius 3 is 2.30 bits per heavy atom. The Hall–Kier alpha value is -2.52. The number of benzene rings is 1. The zero-order valence-electron chi connectivity index (χ0n) is 17.1. The lowest BCUT2D eigenvalue weighted by atomic mass is 10.0. The Kier molecular flexibility index (Phi) is 6.01. The van der Waals surface area contributed by atoms with Gasteiger partial charge in [-0.25, -0.2) is 18.4 Å². The van der Waals surface area contributed by atoms with Crippen LogP contribution in [0, 0.1) is 6.92 Å². The molecule has 2 aliphatic rings. The molecule has 0 N–H and O–H groups in total. The third kappa shape index (κ3) is 4.17. The van der Waals surface area contributed by atoms with E-state index in [4.69, 9.17) is 0 Å². The van der Waals surface area contributed by atoms with Gasteiger partial charge in [-0.15, -0.1) is 0 Å². The maximum Gasteiger partial charge on any atom is 0.243 e. The van der Waals surface area contributed by atoms with Crippen LogP contribution in [0.5, 0.6) is 0 Å².